The van der Waals surface area contributed by atoms with Crippen molar-refractivity contribution in [1.29, 1.82) is 0 Å². The summed E-state index contributed by atoms with van der Waals surface area (Å²) >= 11 is 0. The van der Waals surface area contributed by atoms with Crippen LogP contribution in [0.2, 0.25) is 0 Å². The lowest BCUT2D eigenvalue weighted by atomic mass is 10.1. The molecule has 0 saturated carbocycles. The van der Waals surface area contributed by atoms with Crippen molar-refractivity contribution in [3.8, 4) is 0 Å². The molecule has 4 heteroatoms. The predicted octanol–water partition coefficient (Wildman–Crippen LogP) is 1.29. The summed E-state index contributed by atoms with van der Waals surface area (Å²) in [5, 5.41) is 0. The zero-order valence-electron chi connectivity index (χ0n) is 8.77. The van der Waals surface area contributed by atoms with Crippen LogP contribution >= 0.6 is 0 Å². The van der Waals surface area contributed by atoms with E-state index in [1.165, 1.54) is 0 Å². The molecule has 4 nitrogen and oxygen atoms in total. The maximum absolute atomic E-state index is 5.73. The summed E-state index contributed by atoms with van der Waals surface area (Å²) in [6.07, 6.45) is 1.69. The van der Waals surface area contributed by atoms with Gasteiger partial charge < -0.3 is 18.9 Å². The minimum absolute atomic E-state index is 0.192. The van der Waals surface area contributed by atoms with Crippen LogP contribution < -0.4 is 0 Å². The molecule has 0 bridgehead atoms. The lowest BCUT2D eigenvalue weighted by molar-refractivity contribution is -0.212. The average molecular weight is 202 g/mol. The van der Waals surface area contributed by atoms with Crippen molar-refractivity contribution in [2.45, 2.75) is 51.5 Å². The SMILES string of the molecule is CCC1OC(C2OCCO2)OC1CC. The fourth-order valence-electron chi connectivity index (χ4n) is 1.93. The lowest BCUT2D eigenvalue weighted by Gasteiger charge is -2.15. The molecule has 2 aliphatic heterocycles. The van der Waals surface area contributed by atoms with E-state index >= 15 is 0 Å². The third kappa shape index (κ3) is 1.93. The minimum Gasteiger partial charge on any atom is -0.346 e. The molecule has 0 spiro atoms. The monoisotopic (exact) mass is 202 g/mol. The first-order valence-corrected chi connectivity index (χ1v) is 5.39. The van der Waals surface area contributed by atoms with Crippen molar-refractivity contribution in [2.24, 2.45) is 0 Å². The van der Waals surface area contributed by atoms with Gasteiger partial charge in [0.2, 0.25) is 12.6 Å². The number of rotatable bonds is 3. The van der Waals surface area contributed by atoms with Crippen LogP contribution in [0.1, 0.15) is 26.7 Å². The normalized spacial score (nSPS) is 39.4. The van der Waals surface area contributed by atoms with Gasteiger partial charge in [-0.15, -0.1) is 0 Å². The zero-order chi connectivity index (χ0) is 9.97. The van der Waals surface area contributed by atoms with E-state index < -0.39 is 0 Å². The highest BCUT2D eigenvalue weighted by Crippen LogP contribution is 2.28. The first kappa shape index (κ1) is 10.4. The van der Waals surface area contributed by atoms with Crippen molar-refractivity contribution in [1.82, 2.24) is 0 Å². The molecule has 0 amide bonds. The van der Waals surface area contributed by atoms with Gasteiger partial charge in [0.1, 0.15) is 0 Å². The molecule has 82 valence electrons. The Morgan fingerprint density at radius 2 is 1.36 bits per heavy atom. The van der Waals surface area contributed by atoms with Crippen LogP contribution in [0.25, 0.3) is 0 Å². The van der Waals surface area contributed by atoms with Gasteiger partial charge in [0.05, 0.1) is 25.4 Å². The summed E-state index contributed by atoms with van der Waals surface area (Å²) < 4.78 is 22.2. The molecule has 0 aromatic heterocycles. The summed E-state index contributed by atoms with van der Waals surface area (Å²) in [6, 6.07) is 0. The maximum atomic E-state index is 5.73. The summed E-state index contributed by atoms with van der Waals surface area (Å²) in [6.45, 7) is 5.49. The Bertz CT molecular complexity index is 167. The van der Waals surface area contributed by atoms with Crippen LogP contribution in [-0.4, -0.2) is 38.0 Å². The zero-order valence-corrected chi connectivity index (χ0v) is 8.77. The lowest BCUT2D eigenvalue weighted by Crippen LogP contribution is -2.28. The van der Waals surface area contributed by atoms with Crippen LogP contribution in [0.15, 0.2) is 0 Å². The van der Waals surface area contributed by atoms with Gasteiger partial charge in [0, 0.05) is 0 Å². The third-order valence-electron chi connectivity index (χ3n) is 2.71. The van der Waals surface area contributed by atoms with E-state index in [1.807, 2.05) is 0 Å². The molecule has 2 aliphatic rings. The summed E-state index contributed by atoms with van der Waals surface area (Å²) in [4.78, 5) is 0. The number of hydrogen-bond donors (Lipinski definition) is 0. The number of ether oxygens (including phenoxy) is 4. The van der Waals surface area contributed by atoms with E-state index in [9.17, 15) is 0 Å². The summed E-state index contributed by atoms with van der Waals surface area (Å²) in [7, 11) is 0. The Balaban J connectivity index is 1.90. The first-order chi connectivity index (χ1) is 6.85. The van der Waals surface area contributed by atoms with Crippen molar-refractivity contribution in [3.05, 3.63) is 0 Å². The maximum Gasteiger partial charge on any atom is 0.210 e. The molecule has 0 radical (unpaired) electrons. The first-order valence-electron chi connectivity index (χ1n) is 5.39. The van der Waals surface area contributed by atoms with Crippen LogP contribution in [0.5, 0.6) is 0 Å². The Labute approximate surface area is 84.5 Å². The van der Waals surface area contributed by atoms with Gasteiger partial charge in [-0.1, -0.05) is 13.8 Å². The van der Waals surface area contributed by atoms with Crippen molar-refractivity contribution < 1.29 is 18.9 Å². The molecule has 2 unspecified atom stereocenters. The Hall–Kier alpha value is -0.160. The Kier molecular flexibility index (Phi) is 3.38. The van der Waals surface area contributed by atoms with E-state index in [2.05, 4.69) is 13.8 Å². The van der Waals surface area contributed by atoms with E-state index in [1.54, 1.807) is 0 Å². The second kappa shape index (κ2) is 4.57. The molecule has 0 aromatic carbocycles. The molecular formula is C10H18O4. The van der Waals surface area contributed by atoms with Gasteiger partial charge in [-0.2, -0.15) is 0 Å². The van der Waals surface area contributed by atoms with Gasteiger partial charge >= 0.3 is 0 Å². The second-order valence-corrected chi connectivity index (χ2v) is 3.64. The van der Waals surface area contributed by atoms with Crippen molar-refractivity contribution in [3.63, 3.8) is 0 Å². The second-order valence-electron chi connectivity index (χ2n) is 3.64. The molecule has 2 rings (SSSR count). The highest BCUT2D eigenvalue weighted by Gasteiger charge is 2.40. The topological polar surface area (TPSA) is 36.9 Å². The molecular weight excluding hydrogens is 184 g/mol. The van der Waals surface area contributed by atoms with Gasteiger partial charge in [0.15, 0.2) is 0 Å². The third-order valence-corrected chi connectivity index (χ3v) is 2.71. The molecule has 14 heavy (non-hydrogen) atoms. The molecule has 0 aliphatic carbocycles. The van der Waals surface area contributed by atoms with E-state index in [0.717, 1.165) is 12.8 Å². The van der Waals surface area contributed by atoms with Gasteiger partial charge in [-0.3, -0.25) is 0 Å². The van der Waals surface area contributed by atoms with E-state index in [0.29, 0.717) is 13.2 Å². The number of hydrogen-bond acceptors (Lipinski definition) is 4. The average Bonchev–Trinajstić information content (AvgIpc) is 2.85. The fraction of sp³-hybridized carbons (Fsp3) is 1.00. The smallest absolute Gasteiger partial charge is 0.210 e. The molecule has 2 saturated heterocycles. The fourth-order valence-corrected chi connectivity index (χ4v) is 1.93. The molecule has 2 fully saturated rings. The van der Waals surface area contributed by atoms with Gasteiger partial charge in [-0.25, -0.2) is 0 Å². The molecule has 2 atom stereocenters. The molecule has 0 N–H and O–H groups in total. The largest absolute Gasteiger partial charge is 0.346 e. The van der Waals surface area contributed by atoms with Crippen LogP contribution in [0, 0.1) is 0 Å². The standard InChI is InChI=1S/C10H18O4/c1-3-7-8(4-2)14-10(13-7)9-11-5-6-12-9/h7-10H,3-6H2,1-2H3. The van der Waals surface area contributed by atoms with Crippen molar-refractivity contribution >= 4 is 0 Å². The summed E-state index contributed by atoms with van der Waals surface area (Å²) in [5.74, 6) is 0. The Morgan fingerprint density at radius 1 is 0.857 bits per heavy atom. The van der Waals surface area contributed by atoms with Crippen LogP contribution in [-0.2, 0) is 18.9 Å². The van der Waals surface area contributed by atoms with Crippen LogP contribution in [0.3, 0.4) is 0 Å². The molecule has 0 aromatic rings. The Morgan fingerprint density at radius 3 is 1.79 bits per heavy atom. The van der Waals surface area contributed by atoms with Gasteiger partial charge in [0.25, 0.3) is 0 Å². The van der Waals surface area contributed by atoms with E-state index in [4.69, 9.17) is 18.9 Å². The molecule has 2 heterocycles. The van der Waals surface area contributed by atoms with Crippen LogP contribution in [0.4, 0.5) is 0 Å². The highest BCUT2D eigenvalue weighted by atomic mass is 16.8. The highest BCUT2D eigenvalue weighted by molar-refractivity contribution is 4.77. The summed E-state index contributed by atoms with van der Waals surface area (Å²) in [5.41, 5.74) is 0. The quantitative estimate of drug-likeness (QED) is 0.691. The predicted molar refractivity (Wildman–Crippen MR) is 49.8 cm³/mol. The minimum atomic E-state index is -0.326. The van der Waals surface area contributed by atoms with Crippen molar-refractivity contribution in [2.75, 3.05) is 13.2 Å². The van der Waals surface area contributed by atoms with Gasteiger partial charge in [-0.05, 0) is 12.8 Å². The van der Waals surface area contributed by atoms with E-state index in [-0.39, 0.29) is 24.8 Å².